The molecule has 0 saturated carbocycles. The molecule has 1 N–H and O–H groups in total. The van der Waals surface area contributed by atoms with Gasteiger partial charge < -0.3 is 10.0 Å². The van der Waals surface area contributed by atoms with Crippen molar-refractivity contribution in [3.05, 3.63) is 0 Å². The molecule has 0 aromatic carbocycles. The number of rotatable bonds is 3. The normalized spacial score (nSPS) is 24.2. The van der Waals surface area contributed by atoms with Crippen molar-refractivity contribution in [3.8, 4) is 0 Å². The smallest absolute Gasteiger partial charge is 0.136 e. The molecule has 1 atom stereocenters. The van der Waals surface area contributed by atoms with Gasteiger partial charge in [-0.05, 0) is 13.8 Å². The van der Waals surface area contributed by atoms with Crippen molar-refractivity contribution >= 4 is 40.9 Å². The van der Waals surface area contributed by atoms with E-state index in [1.54, 1.807) is 11.8 Å². The van der Waals surface area contributed by atoms with Gasteiger partial charge in [0, 0.05) is 17.0 Å². The monoisotopic (exact) mass is 237 g/mol. The minimum Gasteiger partial charge on any atom is -0.394 e. The van der Waals surface area contributed by atoms with Crippen LogP contribution in [0, 0.1) is 0 Å². The maximum atomic E-state index is 9.11. The lowest BCUT2D eigenvalue weighted by molar-refractivity contribution is 0.197. The van der Waals surface area contributed by atoms with Crippen molar-refractivity contribution in [1.82, 2.24) is 4.90 Å². The quantitative estimate of drug-likeness (QED) is 0.572. The molecule has 1 aliphatic rings. The van der Waals surface area contributed by atoms with E-state index in [0.29, 0.717) is 0 Å². The third-order valence-electron chi connectivity index (χ3n) is 1.84. The Hall–Kier alpha value is 0.550. The number of aliphatic hydroxyl groups excluding tert-OH is 1. The van der Waals surface area contributed by atoms with Crippen LogP contribution in [0.1, 0.15) is 13.8 Å². The molecule has 1 saturated heterocycles. The molecule has 0 radical (unpaired) electrons. The Kier molecular flexibility index (Phi) is 3.92. The van der Waals surface area contributed by atoms with Crippen LogP contribution >= 0.6 is 36.6 Å². The Bertz CT molecular complexity index is 202. The summed E-state index contributed by atoms with van der Waals surface area (Å²) in [5.74, 6) is 0.902. The SMILES string of the molecule is CC(C)(S)CN1C(=S)SC[C@H]1CO. The number of thiol groups is 1. The molecule has 0 amide bonds. The lowest BCUT2D eigenvalue weighted by Crippen LogP contribution is -2.42. The summed E-state index contributed by atoms with van der Waals surface area (Å²) in [5, 5.41) is 9.11. The fourth-order valence-corrected chi connectivity index (χ4v) is 2.82. The van der Waals surface area contributed by atoms with E-state index in [2.05, 4.69) is 31.4 Å². The summed E-state index contributed by atoms with van der Waals surface area (Å²) in [7, 11) is 0. The molecular weight excluding hydrogens is 222 g/mol. The summed E-state index contributed by atoms with van der Waals surface area (Å²) in [5.41, 5.74) is 0. The van der Waals surface area contributed by atoms with Gasteiger partial charge in [0.05, 0.1) is 12.6 Å². The molecule has 0 aliphatic carbocycles. The Morgan fingerprint density at radius 3 is 2.85 bits per heavy atom. The number of aliphatic hydroxyl groups is 1. The molecule has 1 rings (SSSR count). The van der Waals surface area contributed by atoms with Gasteiger partial charge in [-0.3, -0.25) is 0 Å². The van der Waals surface area contributed by atoms with Gasteiger partial charge in [-0.1, -0.05) is 24.0 Å². The van der Waals surface area contributed by atoms with Gasteiger partial charge in [-0.15, -0.1) is 0 Å². The first-order chi connectivity index (χ1) is 5.94. The summed E-state index contributed by atoms with van der Waals surface area (Å²) < 4.78 is 0.823. The van der Waals surface area contributed by atoms with Crippen LogP contribution in [0.3, 0.4) is 0 Å². The summed E-state index contributed by atoms with van der Waals surface area (Å²) in [6.45, 7) is 5.08. The molecular formula is C8H15NOS3. The molecule has 0 unspecified atom stereocenters. The highest BCUT2D eigenvalue weighted by Crippen LogP contribution is 2.27. The molecule has 0 bridgehead atoms. The van der Waals surface area contributed by atoms with Crippen molar-refractivity contribution < 1.29 is 5.11 Å². The largest absolute Gasteiger partial charge is 0.394 e. The van der Waals surface area contributed by atoms with Gasteiger partial charge >= 0.3 is 0 Å². The maximum Gasteiger partial charge on any atom is 0.136 e. The number of hydrogen-bond acceptors (Lipinski definition) is 4. The van der Waals surface area contributed by atoms with Gasteiger partial charge in [-0.2, -0.15) is 12.6 Å². The lowest BCUT2D eigenvalue weighted by Gasteiger charge is -2.30. The van der Waals surface area contributed by atoms with Crippen LogP contribution in [0.2, 0.25) is 0 Å². The number of hydrogen-bond donors (Lipinski definition) is 2. The maximum absolute atomic E-state index is 9.11. The summed E-state index contributed by atoms with van der Waals surface area (Å²) in [6, 6.07) is 0.184. The Balaban J connectivity index is 2.60. The molecule has 1 heterocycles. The minimum atomic E-state index is -0.0671. The highest BCUT2D eigenvalue weighted by atomic mass is 32.2. The minimum absolute atomic E-state index is 0.0671. The first kappa shape index (κ1) is 11.6. The average molecular weight is 237 g/mol. The molecule has 0 aromatic rings. The molecule has 5 heteroatoms. The first-order valence-electron chi connectivity index (χ1n) is 4.20. The fraction of sp³-hybridized carbons (Fsp3) is 0.875. The standard InChI is InChI=1S/C8H15NOS3/c1-8(2,12)5-9-6(3-10)4-13-7(9)11/h6,10,12H,3-5H2,1-2H3/t6-/m1/s1. The number of thiocarbonyl (C=S) groups is 1. The highest BCUT2D eigenvalue weighted by molar-refractivity contribution is 8.23. The Morgan fingerprint density at radius 2 is 2.38 bits per heavy atom. The molecule has 76 valence electrons. The molecule has 13 heavy (non-hydrogen) atoms. The third-order valence-corrected chi connectivity index (χ3v) is 3.60. The van der Waals surface area contributed by atoms with E-state index < -0.39 is 0 Å². The van der Waals surface area contributed by atoms with Crippen molar-refractivity contribution in [2.24, 2.45) is 0 Å². The van der Waals surface area contributed by atoms with Crippen LogP contribution in [0.5, 0.6) is 0 Å². The van der Waals surface area contributed by atoms with Gasteiger partial charge in [0.25, 0.3) is 0 Å². The van der Waals surface area contributed by atoms with E-state index >= 15 is 0 Å². The Morgan fingerprint density at radius 1 is 1.77 bits per heavy atom. The second kappa shape index (κ2) is 4.38. The van der Waals surface area contributed by atoms with Crippen LogP contribution in [0.25, 0.3) is 0 Å². The van der Waals surface area contributed by atoms with Gasteiger partial charge in [0.2, 0.25) is 0 Å². The second-order valence-electron chi connectivity index (χ2n) is 3.85. The van der Waals surface area contributed by atoms with Crippen LogP contribution in [-0.4, -0.2) is 44.0 Å². The van der Waals surface area contributed by atoms with Crippen molar-refractivity contribution in [2.75, 3.05) is 18.9 Å². The predicted octanol–water partition coefficient (Wildman–Crippen LogP) is 1.39. The third kappa shape index (κ3) is 3.31. The molecule has 0 aromatic heterocycles. The van der Waals surface area contributed by atoms with E-state index in [4.69, 9.17) is 17.3 Å². The molecule has 2 nitrogen and oxygen atoms in total. The second-order valence-corrected chi connectivity index (χ2v) is 6.72. The molecule has 1 fully saturated rings. The van der Waals surface area contributed by atoms with Gasteiger partial charge in [0.1, 0.15) is 4.32 Å². The summed E-state index contributed by atoms with van der Waals surface area (Å²) >= 11 is 11.3. The Labute approximate surface area is 94.5 Å². The van der Waals surface area contributed by atoms with Crippen LogP contribution in [0.4, 0.5) is 0 Å². The van der Waals surface area contributed by atoms with Gasteiger partial charge in [0.15, 0.2) is 0 Å². The van der Waals surface area contributed by atoms with Crippen LogP contribution < -0.4 is 0 Å². The van der Waals surface area contributed by atoms with E-state index in [1.807, 2.05) is 0 Å². The topological polar surface area (TPSA) is 23.5 Å². The summed E-state index contributed by atoms with van der Waals surface area (Å²) in [4.78, 5) is 2.08. The van der Waals surface area contributed by atoms with Gasteiger partial charge in [-0.25, -0.2) is 0 Å². The van der Waals surface area contributed by atoms with Crippen molar-refractivity contribution in [1.29, 1.82) is 0 Å². The number of nitrogens with zero attached hydrogens (tertiary/aromatic N) is 1. The zero-order chi connectivity index (χ0) is 10.1. The van der Waals surface area contributed by atoms with E-state index in [-0.39, 0.29) is 17.4 Å². The first-order valence-corrected chi connectivity index (χ1v) is 6.05. The molecule has 0 spiro atoms. The average Bonchev–Trinajstić information content (AvgIpc) is 2.30. The van der Waals surface area contributed by atoms with Crippen molar-refractivity contribution in [2.45, 2.75) is 24.6 Å². The zero-order valence-corrected chi connectivity index (χ0v) is 10.4. The zero-order valence-electron chi connectivity index (χ0n) is 7.86. The number of thioether (sulfide) groups is 1. The highest BCUT2D eigenvalue weighted by Gasteiger charge is 2.31. The van der Waals surface area contributed by atoms with E-state index in [1.165, 1.54) is 0 Å². The fourth-order valence-electron chi connectivity index (χ4n) is 1.25. The predicted molar refractivity (Wildman–Crippen MR) is 65.7 cm³/mol. The van der Waals surface area contributed by atoms with Crippen LogP contribution in [-0.2, 0) is 0 Å². The molecule has 1 aliphatic heterocycles. The van der Waals surface area contributed by atoms with E-state index in [9.17, 15) is 0 Å². The summed E-state index contributed by atoms with van der Waals surface area (Å²) in [6.07, 6.45) is 0. The van der Waals surface area contributed by atoms with Crippen LogP contribution in [0.15, 0.2) is 0 Å². The lowest BCUT2D eigenvalue weighted by atomic mass is 10.2. The van der Waals surface area contributed by atoms with Crippen molar-refractivity contribution in [3.63, 3.8) is 0 Å². The van der Waals surface area contributed by atoms with E-state index in [0.717, 1.165) is 16.6 Å².